The lowest BCUT2D eigenvalue weighted by atomic mass is 10.2. The van der Waals surface area contributed by atoms with E-state index in [2.05, 4.69) is 10.3 Å². The average Bonchev–Trinajstić information content (AvgIpc) is 2.59. The maximum Gasteiger partial charge on any atom is 0.335 e. The molecule has 78 valence electrons. The largest absolute Gasteiger partial charge is 0.478 e. The van der Waals surface area contributed by atoms with Gasteiger partial charge >= 0.3 is 5.97 Å². The van der Waals surface area contributed by atoms with Gasteiger partial charge in [-0.2, -0.15) is 4.79 Å². The number of rotatable bonds is 2. The first-order valence-corrected chi connectivity index (χ1v) is 4.36. The topological polar surface area (TPSA) is 71.2 Å². The minimum absolute atomic E-state index is 0.216. The summed E-state index contributed by atoms with van der Waals surface area (Å²) in [4.78, 5) is 12.3. The summed E-state index contributed by atoms with van der Waals surface area (Å²) in [6, 6.07) is 4.73. The van der Waals surface area contributed by atoms with Crippen molar-refractivity contribution >= 4 is 17.0 Å². The third-order valence-electron chi connectivity index (χ3n) is 2.05. The van der Waals surface area contributed by atoms with Crippen LogP contribution in [0.15, 0.2) is 18.2 Å². The molecule has 0 aliphatic heterocycles. The van der Waals surface area contributed by atoms with Crippen molar-refractivity contribution in [2.45, 2.75) is 0 Å². The van der Waals surface area contributed by atoms with E-state index in [-0.39, 0.29) is 5.56 Å². The monoisotopic (exact) mass is 206 g/mol. The first kappa shape index (κ1) is 9.45. The zero-order valence-corrected chi connectivity index (χ0v) is 8.38. The van der Waals surface area contributed by atoms with Crippen LogP contribution in [-0.2, 0) is 0 Å². The number of carboxylic acid groups (broad SMARTS) is 1. The molecule has 0 saturated heterocycles. The number of benzene rings is 1. The second-order valence-corrected chi connectivity index (χ2v) is 3.33. The Morgan fingerprint density at radius 3 is 2.80 bits per heavy atom. The van der Waals surface area contributed by atoms with Gasteiger partial charge < -0.3 is 10.1 Å². The van der Waals surface area contributed by atoms with Crippen LogP contribution >= 0.6 is 0 Å². The van der Waals surface area contributed by atoms with Gasteiger partial charge in [0.25, 0.3) is 0 Å². The lowest BCUT2D eigenvalue weighted by Crippen LogP contribution is -2.25. The summed E-state index contributed by atoms with van der Waals surface area (Å²) in [6.07, 6.45) is 0. The molecule has 0 unspecified atom stereocenters. The first-order chi connectivity index (χ1) is 7.09. The zero-order valence-electron chi connectivity index (χ0n) is 8.38. The maximum atomic E-state index is 10.7. The van der Waals surface area contributed by atoms with Gasteiger partial charge in [0.05, 0.1) is 5.56 Å². The molecule has 0 bridgehead atoms. The fourth-order valence-electron chi connectivity index (χ4n) is 1.34. The highest BCUT2D eigenvalue weighted by Gasteiger charge is 2.09. The van der Waals surface area contributed by atoms with Crippen molar-refractivity contribution < 1.29 is 9.90 Å². The molecular weight excluding hydrogens is 196 g/mol. The van der Waals surface area contributed by atoms with Crippen LogP contribution in [-0.4, -0.2) is 40.3 Å². The van der Waals surface area contributed by atoms with Gasteiger partial charge in [0.1, 0.15) is 11.0 Å². The summed E-state index contributed by atoms with van der Waals surface area (Å²) < 4.78 is 0. The van der Waals surface area contributed by atoms with Crippen molar-refractivity contribution in [1.82, 2.24) is 15.1 Å². The fourth-order valence-corrected chi connectivity index (χ4v) is 1.34. The van der Waals surface area contributed by atoms with E-state index in [9.17, 15) is 4.79 Å². The van der Waals surface area contributed by atoms with E-state index in [0.717, 1.165) is 5.52 Å². The van der Waals surface area contributed by atoms with E-state index in [4.69, 9.17) is 5.11 Å². The number of hydrogen-bond donors (Lipinski definition) is 1. The van der Waals surface area contributed by atoms with Crippen LogP contribution in [0.5, 0.6) is 0 Å². The number of aromatic carboxylic acids is 1. The molecule has 0 amide bonds. The van der Waals surface area contributed by atoms with Gasteiger partial charge in [-0.05, 0) is 23.4 Å². The quantitative estimate of drug-likeness (QED) is 0.766. The van der Waals surface area contributed by atoms with Crippen molar-refractivity contribution in [3.63, 3.8) is 0 Å². The summed E-state index contributed by atoms with van der Waals surface area (Å²) in [5, 5.41) is 18.3. The highest BCUT2D eigenvalue weighted by atomic mass is 16.4. The van der Waals surface area contributed by atoms with Crippen molar-refractivity contribution in [3.05, 3.63) is 23.8 Å². The Bertz CT molecular complexity index is 518. The number of nitrogens with zero attached hydrogens (tertiary/aromatic N) is 4. The lowest BCUT2D eigenvalue weighted by molar-refractivity contribution is 0.0697. The van der Waals surface area contributed by atoms with E-state index in [1.54, 1.807) is 15.9 Å². The molecule has 0 aliphatic carbocycles. The van der Waals surface area contributed by atoms with Gasteiger partial charge in [-0.1, -0.05) is 0 Å². The van der Waals surface area contributed by atoms with Crippen LogP contribution in [0.3, 0.4) is 0 Å². The van der Waals surface area contributed by atoms with Crippen LogP contribution in [0.4, 0.5) is 0 Å². The van der Waals surface area contributed by atoms with E-state index >= 15 is 0 Å². The van der Waals surface area contributed by atoms with E-state index in [0.29, 0.717) is 5.52 Å². The highest BCUT2D eigenvalue weighted by molar-refractivity contribution is 5.92. The molecule has 0 atom stereocenters. The van der Waals surface area contributed by atoms with Gasteiger partial charge in [-0.3, -0.25) is 0 Å². The summed E-state index contributed by atoms with van der Waals surface area (Å²) in [7, 11) is 3.67. The Balaban J connectivity index is 2.61. The molecule has 0 aliphatic rings. The summed E-state index contributed by atoms with van der Waals surface area (Å²) in [5.41, 5.74) is 1.57. The summed E-state index contributed by atoms with van der Waals surface area (Å²) in [5.74, 6) is -0.962. The van der Waals surface area contributed by atoms with Gasteiger partial charge in [0.2, 0.25) is 0 Å². The molecule has 2 rings (SSSR count). The highest BCUT2D eigenvalue weighted by Crippen LogP contribution is 2.13. The second-order valence-electron chi connectivity index (χ2n) is 3.33. The van der Waals surface area contributed by atoms with Crippen molar-refractivity contribution in [2.24, 2.45) is 0 Å². The average molecular weight is 206 g/mol. The van der Waals surface area contributed by atoms with Crippen LogP contribution in [0.2, 0.25) is 0 Å². The number of hydrogen-bond acceptors (Lipinski definition) is 4. The molecule has 1 N–H and O–H groups in total. The molecule has 0 spiro atoms. The smallest absolute Gasteiger partial charge is 0.335 e. The number of carbonyl (C=O) groups is 1. The van der Waals surface area contributed by atoms with Crippen LogP contribution in [0, 0.1) is 0 Å². The van der Waals surface area contributed by atoms with Crippen LogP contribution in [0.25, 0.3) is 11.0 Å². The molecule has 6 nitrogen and oxygen atoms in total. The molecule has 0 fully saturated rings. The Morgan fingerprint density at radius 1 is 1.47 bits per heavy atom. The fraction of sp³-hybridized carbons (Fsp3) is 0.222. The molecular formula is C9H10N4O2. The molecule has 6 heteroatoms. The molecule has 15 heavy (non-hydrogen) atoms. The van der Waals surface area contributed by atoms with E-state index < -0.39 is 5.97 Å². The van der Waals surface area contributed by atoms with Crippen LogP contribution in [0.1, 0.15) is 10.4 Å². The number of carboxylic acids is 1. The number of fused-ring (bicyclic) bond motifs is 1. The summed E-state index contributed by atoms with van der Waals surface area (Å²) in [6.45, 7) is 0. The van der Waals surface area contributed by atoms with Gasteiger partial charge in [-0.15, -0.1) is 5.10 Å². The van der Waals surface area contributed by atoms with Crippen molar-refractivity contribution in [1.29, 1.82) is 0 Å². The standard InChI is InChI=1S/C9H10N4O2/c1-12(2)13-8-4-3-6(9(14)15)5-7(8)10-11-13/h3-5H,1-2H3,(H,14,15). The predicted octanol–water partition coefficient (Wildman–Crippen LogP) is 0.327. The Morgan fingerprint density at radius 2 is 2.20 bits per heavy atom. The lowest BCUT2D eigenvalue weighted by Gasteiger charge is -2.11. The molecule has 0 saturated carbocycles. The van der Waals surface area contributed by atoms with Gasteiger partial charge in [0.15, 0.2) is 0 Å². The van der Waals surface area contributed by atoms with Gasteiger partial charge in [-0.25, -0.2) is 4.79 Å². The van der Waals surface area contributed by atoms with Crippen molar-refractivity contribution in [3.8, 4) is 0 Å². The SMILES string of the molecule is CN(C)n1nnc2cc(C(=O)O)ccc21. The van der Waals surface area contributed by atoms with Crippen molar-refractivity contribution in [2.75, 3.05) is 19.1 Å². The Hall–Kier alpha value is -2.11. The third-order valence-corrected chi connectivity index (χ3v) is 2.05. The Kier molecular flexibility index (Phi) is 2.03. The van der Waals surface area contributed by atoms with E-state index in [1.165, 1.54) is 12.1 Å². The molecule has 1 heterocycles. The van der Waals surface area contributed by atoms with Crippen LogP contribution < -0.4 is 5.01 Å². The second kappa shape index (κ2) is 3.23. The minimum atomic E-state index is -0.962. The molecule has 1 aromatic heterocycles. The Labute approximate surface area is 85.7 Å². The minimum Gasteiger partial charge on any atom is -0.478 e. The van der Waals surface area contributed by atoms with E-state index in [1.807, 2.05) is 14.1 Å². The predicted molar refractivity (Wildman–Crippen MR) is 54.6 cm³/mol. The third kappa shape index (κ3) is 1.50. The van der Waals surface area contributed by atoms with Gasteiger partial charge in [0, 0.05) is 14.1 Å². The zero-order chi connectivity index (χ0) is 11.0. The molecule has 2 aromatic rings. The molecule has 0 radical (unpaired) electrons. The summed E-state index contributed by atoms with van der Waals surface area (Å²) >= 11 is 0. The first-order valence-electron chi connectivity index (χ1n) is 4.36. The maximum absolute atomic E-state index is 10.7. The number of aromatic nitrogens is 3. The normalized spacial score (nSPS) is 10.5. The molecule has 1 aromatic carbocycles.